The summed E-state index contributed by atoms with van der Waals surface area (Å²) >= 11 is 0. The predicted molar refractivity (Wildman–Crippen MR) is 64.1 cm³/mol. The normalized spacial score (nSPS) is 13.8. The molecule has 1 N–H and O–H groups in total. The summed E-state index contributed by atoms with van der Waals surface area (Å²) in [5, 5.41) is 3.24. The molecule has 0 aliphatic carbocycles. The second-order valence-corrected chi connectivity index (χ2v) is 4.48. The summed E-state index contributed by atoms with van der Waals surface area (Å²) in [7, 11) is 1.85. The van der Waals surface area contributed by atoms with E-state index in [-0.39, 0.29) is 12.5 Å². The summed E-state index contributed by atoms with van der Waals surface area (Å²) in [6.07, 6.45) is 0.241. The van der Waals surface area contributed by atoms with Gasteiger partial charge in [-0.05, 0) is 25.8 Å². The highest BCUT2D eigenvalue weighted by Crippen LogP contribution is 2.25. The van der Waals surface area contributed by atoms with Crippen molar-refractivity contribution < 1.29 is 13.2 Å². The molecule has 1 aromatic heterocycles. The molecular weight excluding hydrogens is 243 g/mol. The lowest BCUT2D eigenvalue weighted by atomic mass is 10.1. The Morgan fingerprint density at radius 3 is 2.67 bits per heavy atom. The first-order valence-electron chi connectivity index (χ1n) is 6.20. The van der Waals surface area contributed by atoms with Crippen LogP contribution >= 0.6 is 0 Å². The topological polar surface area (TPSA) is 29.9 Å². The molecule has 0 saturated heterocycles. The highest BCUT2D eigenvalue weighted by Gasteiger charge is 2.27. The van der Waals surface area contributed by atoms with Crippen molar-refractivity contribution in [2.75, 3.05) is 6.54 Å². The molecule has 6 heteroatoms. The minimum atomic E-state index is -4.07. The number of rotatable bonds is 7. The number of nitrogens with zero attached hydrogens (tertiary/aromatic N) is 2. The quantitative estimate of drug-likeness (QED) is 0.818. The van der Waals surface area contributed by atoms with Gasteiger partial charge in [0.05, 0.1) is 18.1 Å². The molecule has 1 unspecified atom stereocenters. The Morgan fingerprint density at radius 2 is 2.17 bits per heavy atom. The fourth-order valence-electron chi connectivity index (χ4n) is 1.79. The van der Waals surface area contributed by atoms with Crippen LogP contribution < -0.4 is 5.32 Å². The molecule has 18 heavy (non-hydrogen) atoms. The Kier molecular flexibility index (Phi) is 5.65. The summed E-state index contributed by atoms with van der Waals surface area (Å²) in [4.78, 5) is 4.20. The van der Waals surface area contributed by atoms with Gasteiger partial charge in [-0.3, -0.25) is 0 Å². The van der Waals surface area contributed by atoms with Gasteiger partial charge in [-0.2, -0.15) is 13.2 Å². The van der Waals surface area contributed by atoms with Crippen molar-refractivity contribution in [1.29, 1.82) is 0 Å². The molecule has 0 aliphatic heterocycles. The van der Waals surface area contributed by atoms with E-state index in [0.717, 1.165) is 18.7 Å². The highest BCUT2D eigenvalue weighted by molar-refractivity contribution is 5.03. The van der Waals surface area contributed by atoms with Gasteiger partial charge in [0.25, 0.3) is 0 Å². The van der Waals surface area contributed by atoms with E-state index in [1.807, 2.05) is 20.2 Å². The van der Waals surface area contributed by atoms with Gasteiger partial charge in [0.15, 0.2) is 0 Å². The molecule has 0 radical (unpaired) electrons. The summed E-state index contributed by atoms with van der Waals surface area (Å²) in [6.45, 7) is 2.81. The Hall–Kier alpha value is -1.04. The van der Waals surface area contributed by atoms with Crippen LogP contribution in [0.15, 0.2) is 12.5 Å². The maximum atomic E-state index is 12.1. The van der Waals surface area contributed by atoms with Crippen LogP contribution in [0.1, 0.15) is 44.3 Å². The molecule has 0 saturated carbocycles. The summed E-state index contributed by atoms with van der Waals surface area (Å²) < 4.78 is 38.2. The number of aromatic nitrogens is 2. The molecular formula is C12H20F3N3. The Labute approximate surface area is 105 Å². The van der Waals surface area contributed by atoms with E-state index in [0.29, 0.717) is 6.42 Å². The highest BCUT2D eigenvalue weighted by atomic mass is 19.4. The van der Waals surface area contributed by atoms with Gasteiger partial charge in [-0.15, -0.1) is 0 Å². The summed E-state index contributed by atoms with van der Waals surface area (Å²) in [5.74, 6) is 0. The number of nitrogens with one attached hydrogen (secondary N) is 1. The van der Waals surface area contributed by atoms with Gasteiger partial charge in [-0.25, -0.2) is 4.98 Å². The second-order valence-electron chi connectivity index (χ2n) is 4.48. The first-order valence-corrected chi connectivity index (χ1v) is 6.20. The smallest absolute Gasteiger partial charge is 0.340 e. The zero-order chi connectivity index (χ0) is 13.6. The van der Waals surface area contributed by atoms with Gasteiger partial charge in [0.1, 0.15) is 0 Å². The van der Waals surface area contributed by atoms with Gasteiger partial charge in [-0.1, -0.05) is 6.92 Å². The molecule has 104 valence electrons. The van der Waals surface area contributed by atoms with E-state index < -0.39 is 12.6 Å². The number of aryl methyl sites for hydroxylation is 1. The molecule has 0 bridgehead atoms. The summed E-state index contributed by atoms with van der Waals surface area (Å²) in [6, 6.07) is -0.0894. The SMILES string of the molecule is CCCNC(CCCC(F)(F)F)c1cn(C)cn1. The van der Waals surface area contributed by atoms with Gasteiger partial charge in [0.2, 0.25) is 0 Å². The van der Waals surface area contributed by atoms with Crippen LogP contribution in [0.3, 0.4) is 0 Å². The number of imidazole rings is 1. The average Bonchev–Trinajstić information content (AvgIpc) is 2.68. The van der Waals surface area contributed by atoms with Crippen molar-refractivity contribution in [1.82, 2.24) is 14.9 Å². The molecule has 1 rings (SSSR count). The zero-order valence-corrected chi connectivity index (χ0v) is 10.8. The fraction of sp³-hybridized carbons (Fsp3) is 0.750. The minimum Gasteiger partial charge on any atom is -0.340 e. The third-order valence-corrected chi connectivity index (χ3v) is 2.68. The van der Waals surface area contributed by atoms with E-state index in [4.69, 9.17) is 0 Å². The lowest BCUT2D eigenvalue weighted by Gasteiger charge is -2.16. The maximum Gasteiger partial charge on any atom is 0.389 e. The number of hydrogen-bond acceptors (Lipinski definition) is 2. The minimum absolute atomic E-state index is 0.0894. The molecule has 1 atom stereocenters. The average molecular weight is 263 g/mol. The molecule has 1 heterocycles. The molecule has 0 spiro atoms. The standard InChI is InChI=1S/C12H20F3N3/c1-3-7-16-10(5-4-6-12(13,14)15)11-8-18(2)9-17-11/h8-10,16H,3-7H2,1-2H3. The van der Waals surface area contributed by atoms with Crippen molar-refractivity contribution in [3.05, 3.63) is 18.2 Å². The van der Waals surface area contributed by atoms with Gasteiger partial charge in [0, 0.05) is 19.7 Å². The van der Waals surface area contributed by atoms with Crippen LogP contribution in [0, 0.1) is 0 Å². The van der Waals surface area contributed by atoms with Crippen LogP contribution in [-0.4, -0.2) is 22.3 Å². The molecule has 0 aromatic carbocycles. The van der Waals surface area contributed by atoms with E-state index in [9.17, 15) is 13.2 Å². The molecule has 0 amide bonds. The lowest BCUT2D eigenvalue weighted by molar-refractivity contribution is -0.135. The van der Waals surface area contributed by atoms with Crippen molar-refractivity contribution in [3.8, 4) is 0 Å². The fourth-order valence-corrected chi connectivity index (χ4v) is 1.79. The number of halogens is 3. The third-order valence-electron chi connectivity index (χ3n) is 2.68. The van der Waals surface area contributed by atoms with E-state index in [1.54, 1.807) is 10.9 Å². The maximum absolute atomic E-state index is 12.1. The van der Waals surface area contributed by atoms with Gasteiger partial charge >= 0.3 is 6.18 Å². The third kappa shape index (κ3) is 5.53. The molecule has 0 aliphatic rings. The van der Waals surface area contributed by atoms with Crippen LogP contribution in [-0.2, 0) is 7.05 Å². The molecule has 1 aromatic rings. The van der Waals surface area contributed by atoms with Crippen LogP contribution in [0.4, 0.5) is 13.2 Å². The summed E-state index contributed by atoms with van der Waals surface area (Å²) in [5.41, 5.74) is 0.813. The van der Waals surface area contributed by atoms with Crippen molar-refractivity contribution in [3.63, 3.8) is 0 Å². The Balaban J connectivity index is 2.51. The van der Waals surface area contributed by atoms with E-state index in [1.165, 1.54) is 0 Å². The van der Waals surface area contributed by atoms with E-state index in [2.05, 4.69) is 10.3 Å². The first kappa shape index (κ1) is 15.0. The van der Waals surface area contributed by atoms with Crippen LogP contribution in [0.5, 0.6) is 0 Å². The largest absolute Gasteiger partial charge is 0.389 e. The van der Waals surface area contributed by atoms with Gasteiger partial charge < -0.3 is 9.88 Å². The van der Waals surface area contributed by atoms with E-state index >= 15 is 0 Å². The first-order chi connectivity index (χ1) is 8.42. The second kappa shape index (κ2) is 6.78. The monoisotopic (exact) mass is 263 g/mol. The van der Waals surface area contributed by atoms with Crippen molar-refractivity contribution in [2.45, 2.75) is 44.8 Å². The Bertz CT molecular complexity index is 347. The van der Waals surface area contributed by atoms with Crippen molar-refractivity contribution in [2.24, 2.45) is 7.05 Å². The van der Waals surface area contributed by atoms with Crippen molar-refractivity contribution >= 4 is 0 Å². The number of alkyl halides is 3. The van der Waals surface area contributed by atoms with Crippen LogP contribution in [0.25, 0.3) is 0 Å². The number of hydrogen-bond donors (Lipinski definition) is 1. The molecule has 3 nitrogen and oxygen atoms in total. The Morgan fingerprint density at radius 1 is 1.44 bits per heavy atom. The lowest BCUT2D eigenvalue weighted by Crippen LogP contribution is -2.23. The predicted octanol–water partition coefficient (Wildman–Crippen LogP) is 3.19. The molecule has 0 fully saturated rings. The van der Waals surface area contributed by atoms with Crippen LogP contribution in [0.2, 0.25) is 0 Å². The zero-order valence-electron chi connectivity index (χ0n) is 10.8.